The summed E-state index contributed by atoms with van der Waals surface area (Å²) >= 11 is 4.16. The van der Waals surface area contributed by atoms with E-state index in [1.165, 1.54) is 0 Å². The fourth-order valence-electron chi connectivity index (χ4n) is 1.01. The average Bonchev–Trinajstić information content (AvgIpc) is 2.12. The van der Waals surface area contributed by atoms with Crippen LogP contribution in [0.2, 0.25) is 0 Å². The quantitative estimate of drug-likeness (QED) is 0.336. The van der Waals surface area contributed by atoms with E-state index in [2.05, 4.69) is 28.6 Å². The van der Waals surface area contributed by atoms with Crippen LogP contribution in [0, 0.1) is 0 Å². The Kier molecular flexibility index (Phi) is 8.85. The first kappa shape index (κ1) is 13.2. The number of nitrogens with one attached hydrogen (secondary N) is 3. The molecule has 0 amide bonds. The minimum Gasteiger partial charge on any atom is -0.318 e. The van der Waals surface area contributed by atoms with Crippen molar-refractivity contribution in [2.45, 2.75) is 19.3 Å². The lowest BCUT2D eigenvalue weighted by Gasteiger charge is -2.17. The number of rotatable bonds is 8. The van der Waals surface area contributed by atoms with E-state index in [1.54, 1.807) is 0 Å². The minimum absolute atomic E-state index is 0.227. The van der Waals surface area contributed by atoms with E-state index in [-0.39, 0.29) is 6.04 Å². The Balaban J connectivity index is 3.46. The van der Waals surface area contributed by atoms with Crippen molar-refractivity contribution < 1.29 is 4.39 Å². The molecule has 80 valence electrons. The first-order valence-corrected chi connectivity index (χ1v) is 5.24. The van der Waals surface area contributed by atoms with Gasteiger partial charge in [0.15, 0.2) is 6.30 Å². The highest BCUT2D eigenvalue weighted by Gasteiger charge is 2.08. The number of halogens is 1. The summed E-state index contributed by atoms with van der Waals surface area (Å²) in [6.07, 6.45) is -0.968. The molecule has 0 bridgehead atoms. The molecule has 0 aliphatic rings. The monoisotopic (exact) mass is 209 g/mol. The zero-order chi connectivity index (χ0) is 10.1. The van der Waals surface area contributed by atoms with E-state index in [0.717, 1.165) is 6.54 Å². The number of hydrogen-bond acceptors (Lipinski definition) is 4. The van der Waals surface area contributed by atoms with E-state index in [4.69, 9.17) is 0 Å². The zero-order valence-electron chi connectivity index (χ0n) is 8.31. The summed E-state index contributed by atoms with van der Waals surface area (Å²) in [6.45, 7) is 3.68. The fraction of sp³-hybridized carbons (Fsp3) is 1.00. The molecule has 0 saturated heterocycles. The Morgan fingerprint density at radius 1 is 1.31 bits per heavy atom. The van der Waals surface area contributed by atoms with Gasteiger partial charge in [-0.15, -0.1) is 0 Å². The molecule has 0 unspecified atom stereocenters. The summed E-state index contributed by atoms with van der Waals surface area (Å²) < 4.78 is 12.9. The molecule has 0 heterocycles. The Morgan fingerprint density at radius 3 is 2.46 bits per heavy atom. The van der Waals surface area contributed by atoms with Gasteiger partial charge in [0, 0.05) is 24.9 Å². The minimum atomic E-state index is -0.968. The molecular formula is C8H20FN3S. The normalized spacial score (nSPS) is 15.7. The van der Waals surface area contributed by atoms with Crippen molar-refractivity contribution in [3.05, 3.63) is 0 Å². The molecule has 0 fully saturated rings. The van der Waals surface area contributed by atoms with Gasteiger partial charge in [-0.2, -0.15) is 12.6 Å². The van der Waals surface area contributed by atoms with Crippen molar-refractivity contribution >= 4 is 12.6 Å². The Labute approximate surface area is 85.3 Å². The van der Waals surface area contributed by atoms with Crippen LogP contribution in [0.25, 0.3) is 0 Å². The third-order valence-corrected chi connectivity index (χ3v) is 2.12. The molecule has 0 rings (SSSR count). The smallest absolute Gasteiger partial charge is 0.163 e. The molecule has 2 atom stereocenters. The highest BCUT2D eigenvalue weighted by Crippen LogP contribution is 1.88. The lowest BCUT2D eigenvalue weighted by molar-refractivity contribution is 0.261. The molecular weight excluding hydrogens is 189 g/mol. The van der Waals surface area contributed by atoms with Crippen LogP contribution in [0.5, 0.6) is 0 Å². The van der Waals surface area contributed by atoms with Crippen LogP contribution >= 0.6 is 12.6 Å². The maximum atomic E-state index is 12.9. The Morgan fingerprint density at radius 2 is 2.00 bits per heavy atom. The van der Waals surface area contributed by atoms with Gasteiger partial charge in [-0.25, -0.2) is 4.39 Å². The lowest BCUT2D eigenvalue weighted by Crippen LogP contribution is -2.44. The summed E-state index contributed by atoms with van der Waals surface area (Å²) in [6, 6.07) is 0.227. The topological polar surface area (TPSA) is 36.1 Å². The van der Waals surface area contributed by atoms with Gasteiger partial charge in [-0.3, -0.25) is 5.32 Å². The largest absolute Gasteiger partial charge is 0.318 e. The van der Waals surface area contributed by atoms with Crippen LogP contribution in [-0.4, -0.2) is 44.8 Å². The second kappa shape index (κ2) is 8.74. The van der Waals surface area contributed by atoms with E-state index in [9.17, 15) is 4.39 Å². The summed E-state index contributed by atoms with van der Waals surface area (Å²) in [4.78, 5) is 0. The van der Waals surface area contributed by atoms with Gasteiger partial charge in [0.25, 0.3) is 0 Å². The molecule has 0 aliphatic carbocycles. The fourth-order valence-corrected chi connectivity index (χ4v) is 1.27. The molecule has 3 N–H and O–H groups in total. The van der Waals surface area contributed by atoms with Crippen LogP contribution in [0.3, 0.4) is 0 Å². The number of likely N-dealkylation sites (N-methyl/N-ethyl adjacent to an activating group) is 2. The highest BCUT2D eigenvalue weighted by molar-refractivity contribution is 7.80. The summed E-state index contributed by atoms with van der Waals surface area (Å²) in [5, 5.41) is 8.79. The van der Waals surface area contributed by atoms with E-state index in [1.807, 2.05) is 14.0 Å². The Hall–Kier alpha value is 0.160. The zero-order valence-corrected chi connectivity index (χ0v) is 9.20. The third kappa shape index (κ3) is 7.25. The van der Waals surface area contributed by atoms with Crippen LogP contribution in [0.4, 0.5) is 4.39 Å². The molecule has 13 heavy (non-hydrogen) atoms. The third-order valence-electron chi connectivity index (χ3n) is 1.68. The van der Waals surface area contributed by atoms with Gasteiger partial charge in [-0.05, 0) is 13.6 Å². The van der Waals surface area contributed by atoms with Gasteiger partial charge >= 0.3 is 0 Å². The number of thiol groups is 1. The first-order chi connectivity index (χ1) is 6.24. The maximum Gasteiger partial charge on any atom is 0.163 e. The van der Waals surface area contributed by atoms with Crippen LogP contribution in [0.1, 0.15) is 6.92 Å². The van der Waals surface area contributed by atoms with Gasteiger partial charge in [0.1, 0.15) is 0 Å². The van der Waals surface area contributed by atoms with Crippen molar-refractivity contribution in [3.8, 4) is 0 Å². The second-order valence-electron chi connectivity index (χ2n) is 2.87. The van der Waals surface area contributed by atoms with Gasteiger partial charge in [0.05, 0.1) is 0 Å². The van der Waals surface area contributed by atoms with Crippen molar-refractivity contribution in [1.29, 1.82) is 0 Å². The van der Waals surface area contributed by atoms with Crippen LogP contribution in [-0.2, 0) is 0 Å². The first-order valence-electron chi connectivity index (χ1n) is 4.60. The van der Waals surface area contributed by atoms with E-state index < -0.39 is 6.30 Å². The SMILES string of the molecule is CCN[C@@H](F)CN[C@H](CS)CNC. The number of hydrogen-bond donors (Lipinski definition) is 4. The lowest BCUT2D eigenvalue weighted by atomic mass is 10.3. The van der Waals surface area contributed by atoms with Crippen molar-refractivity contribution in [2.75, 3.05) is 32.4 Å². The van der Waals surface area contributed by atoms with E-state index >= 15 is 0 Å². The number of alkyl halides is 1. The molecule has 0 spiro atoms. The van der Waals surface area contributed by atoms with Gasteiger partial charge in [-0.1, -0.05) is 6.92 Å². The molecule has 0 saturated carbocycles. The van der Waals surface area contributed by atoms with Crippen molar-refractivity contribution in [1.82, 2.24) is 16.0 Å². The standard InChI is InChI=1S/C8H20FN3S/c1-3-11-8(9)5-12-7(6-13)4-10-2/h7-8,10-13H,3-6H2,1-2H3/t7-,8+/m0/s1. The van der Waals surface area contributed by atoms with Crippen molar-refractivity contribution in [3.63, 3.8) is 0 Å². The molecule has 0 aliphatic heterocycles. The molecule has 0 aromatic heterocycles. The summed E-state index contributed by atoms with van der Waals surface area (Å²) in [5.74, 6) is 0.708. The predicted molar refractivity (Wildman–Crippen MR) is 58.1 cm³/mol. The second-order valence-corrected chi connectivity index (χ2v) is 3.24. The molecule has 0 aromatic rings. The van der Waals surface area contributed by atoms with Crippen LogP contribution < -0.4 is 16.0 Å². The molecule has 0 aromatic carbocycles. The maximum absolute atomic E-state index is 12.9. The van der Waals surface area contributed by atoms with Gasteiger partial charge < -0.3 is 10.6 Å². The average molecular weight is 209 g/mol. The van der Waals surface area contributed by atoms with Gasteiger partial charge in [0.2, 0.25) is 0 Å². The van der Waals surface area contributed by atoms with E-state index in [0.29, 0.717) is 18.8 Å². The molecule has 5 heteroatoms. The van der Waals surface area contributed by atoms with Crippen molar-refractivity contribution in [2.24, 2.45) is 0 Å². The van der Waals surface area contributed by atoms with Crippen LogP contribution in [0.15, 0.2) is 0 Å². The summed E-state index contributed by atoms with van der Waals surface area (Å²) in [7, 11) is 1.87. The molecule has 3 nitrogen and oxygen atoms in total. The molecule has 0 radical (unpaired) electrons. The Bertz CT molecular complexity index is 116. The predicted octanol–water partition coefficient (Wildman–Crippen LogP) is -0.00110. The summed E-state index contributed by atoms with van der Waals surface area (Å²) in [5.41, 5.74) is 0. The highest BCUT2D eigenvalue weighted by atomic mass is 32.1.